The predicted octanol–water partition coefficient (Wildman–Crippen LogP) is 4.29. The van der Waals surface area contributed by atoms with E-state index in [0.717, 1.165) is 25.7 Å². The number of methoxy groups -OCH3 is 1. The molecule has 0 spiro atoms. The molecule has 0 radical (unpaired) electrons. The van der Waals surface area contributed by atoms with Gasteiger partial charge in [0.15, 0.2) is 5.75 Å². The molecule has 1 heterocycles. The lowest BCUT2D eigenvalue weighted by molar-refractivity contribution is -0.384. The van der Waals surface area contributed by atoms with Gasteiger partial charge < -0.3 is 14.0 Å². The van der Waals surface area contributed by atoms with Crippen molar-refractivity contribution < 1.29 is 14.4 Å². The lowest BCUT2D eigenvalue weighted by Crippen LogP contribution is -2.25. The molecule has 0 amide bonds. The van der Waals surface area contributed by atoms with E-state index >= 15 is 0 Å². The van der Waals surface area contributed by atoms with E-state index in [1.807, 2.05) is 13.8 Å². The Labute approximate surface area is 152 Å². The molecular weight excluding hydrogens is 336 g/mol. The first kappa shape index (κ1) is 19.8. The third-order valence-corrected chi connectivity index (χ3v) is 4.17. The number of aryl methyl sites for hydroxylation is 1. The molecule has 0 saturated heterocycles. The molecule has 7 nitrogen and oxygen atoms in total. The van der Waals surface area contributed by atoms with Crippen molar-refractivity contribution in [2.24, 2.45) is 0 Å². The number of hydrogen-bond donors (Lipinski definition) is 0. The summed E-state index contributed by atoms with van der Waals surface area (Å²) >= 11 is 0. The fraction of sp³-hybridized carbons (Fsp3) is 0.526. The summed E-state index contributed by atoms with van der Waals surface area (Å²) < 4.78 is 12.7. The second kappa shape index (κ2) is 8.69. The number of ether oxygens (including phenoxy) is 2. The summed E-state index contributed by atoms with van der Waals surface area (Å²) in [6.07, 6.45) is 3.79. The molecule has 0 aliphatic heterocycles. The smallest absolute Gasteiger partial charge is 0.297 e. The highest BCUT2D eigenvalue weighted by Gasteiger charge is 2.21. The van der Waals surface area contributed by atoms with E-state index in [1.165, 1.54) is 19.2 Å². The maximum absolute atomic E-state index is 13.0. The van der Waals surface area contributed by atoms with Crippen LogP contribution in [0.3, 0.4) is 0 Å². The van der Waals surface area contributed by atoms with Crippen molar-refractivity contribution in [3.63, 3.8) is 0 Å². The summed E-state index contributed by atoms with van der Waals surface area (Å²) in [5, 5.41) is 11.8. The molecule has 0 unspecified atom stereocenters. The van der Waals surface area contributed by atoms with Crippen LogP contribution in [0.4, 0.5) is 5.69 Å². The Hall–Kier alpha value is -2.57. The van der Waals surface area contributed by atoms with Gasteiger partial charge in [-0.15, -0.1) is 0 Å². The van der Waals surface area contributed by atoms with Crippen molar-refractivity contribution in [2.75, 3.05) is 7.11 Å². The van der Waals surface area contributed by atoms with Crippen LogP contribution < -0.4 is 15.0 Å². The van der Waals surface area contributed by atoms with Gasteiger partial charge in [0.05, 0.1) is 23.7 Å². The Morgan fingerprint density at radius 2 is 1.92 bits per heavy atom. The molecule has 1 aromatic heterocycles. The number of non-ortho nitro benzene ring substituents is 1. The second-order valence-corrected chi connectivity index (χ2v) is 6.50. The van der Waals surface area contributed by atoms with Crippen LogP contribution in [0.25, 0.3) is 10.9 Å². The summed E-state index contributed by atoms with van der Waals surface area (Å²) in [5.41, 5.74) is 0.118. The average Bonchev–Trinajstić information content (AvgIpc) is 2.60. The number of aromatic nitrogens is 1. The van der Waals surface area contributed by atoms with Gasteiger partial charge in [-0.3, -0.25) is 14.9 Å². The Kier molecular flexibility index (Phi) is 6.60. The number of nitrogens with zero attached hydrogens (tertiary/aromatic N) is 2. The predicted molar refractivity (Wildman–Crippen MR) is 101 cm³/mol. The van der Waals surface area contributed by atoms with Gasteiger partial charge >= 0.3 is 0 Å². The van der Waals surface area contributed by atoms with Gasteiger partial charge in [0.25, 0.3) is 11.2 Å². The molecule has 1 aromatic carbocycles. The summed E-state index contributed by atoms with van der Waals surface area (Å²) in [5.74, 6) is 0.470. The van der Waals surface area contributed by atoms with Gasteiger partial charge in [-0.1, -0.05) is 26.2 Å². The number of nitro benzene ring substituents is 1. The van der Waals surface area contributed by atoms with Gasteiger partial charge in [-0.25, -0.2) is 0 Å². The zero-order valence-electron chi connectivity index (χ0n) is 15.8. The number of pyridine rings is 1. The van der Waals surface area contributed by atoms with E-state index in [9.17, 15) is 14.9 Å². The van der Waals surface area contributed by atoms with Gasteiger partial charge in [-0.2, -0.15) is 0 Å². The second-order valence-electron chi connectivity index (χ2n) is 6.50. The third-order valence-electron chi connectivity index (χ3n) is 4.17. The normalized spacial score (nSPS) is 11.1. The Morgan fingerprint density at radius 1 is 1.19 bits per heavy atom. The number of benzene rings is 1. The fourth-order valence-electron chi connectivity index (χ4n) is 2.96. The Morgan fingerprint density at radius 3 is 2.50 bits per heavy atom. The molecule has 0 aliphatic carbocycles. The van der Waals surface area contributed by atoms with E-state index < -0.39 is 4.92 Å². The molecule has 26 heavy (non-hydrogen) atoms. The van der Waals surface area contributed by atoms with Crippen LogP contribution in [0.1, 0.15) is 46.5 Å². The van der Waals surface area contributed by atoms with Crippen molar-refractivity contribution in [3.8, 4) is 11.5 Å². The molecule has 0 atom stereocenters. The SMILES string of the molecule is CCCCCCn1c(=O)c(OC(C)C)c(OC)c2ccc([N+](=O)[O-])cc21. The van der Waals surface area contributed by atoms with Crippen LogP contribution in [-0.2, 0) is 6.54 Å². The zero-order valence-corrected chi connectivity index (χ0v) is 15.8. The molecule has 2 aromatic rings. The summed E-state index contributed by atoms with van der Waals surface area (Å²) in [7, 11) is 1.47. The molecule has 0 fully saturated rings. The molecule has 142 valence electrons. The number of hydrogen-bond acceptors (Lipinski definition) is 5. The van der Waals surface area contributed by atoms with E-state index in [-0.39, 0.29) is 23.1 Å². The minimum atomic E-state index is -0.462. The molecule has 0 saturated carbocycles. The lowest BCUT2D eigenvalue weighted by Gasteiger charge is -2.18. The first-order valence-corrected chi connectivity index (χ1v) is 8.96. The van der Waals surface area contributed by atoms with E-state index in [0.29, 0.717) is 23.2 Å². The largest absolute Gasteiger partial charge is 0.492 e. The van der Waals surface area contributed by atoms with Crippen LogP contribution in [0, 0.1) is 10.1 Å². The maximum Gasteiger partial charge on any atom is 0.297 e. The van der Waals surface area contributed by atoms with Crippen LogP contribution in [0.15, 0.2) is 23.0 Å². The van der Waals surface area contributed by atoms with Crippen LogP contribution in [-0.4, -0.2) is 22.7 Å². The summed E-state index contributed by atoms with van der Waals surface area (Å²) in [6.45, 7) is 6.27. The Balaban J connectivity index is 2.69. The summed E-state index contributed by atoms with van der Waals surface area (Å²) in [4.78, 5) is 23.7. The van der Waals surface area contributed by atoms with Crippen molar-refractivity contribution in [3.05, 3.63) is 38.7 Å². The average molecular weight is 362 g/mol. The number of unbranched alkanes of at least 4 members (excludes halogenated alkanes) is 3. The molecule has 0 bridgehead atoms. The van der Waals surface area contributed by atoms with Crippen molar-refractivity contribution in [2.45, 2.75) is 59.1 Å². The third kappa shape index (κ3) is 4.15. The minimum absolute atomic E-state index is 0.0567. The monoisotopic (exact) mass is 362 g/mol. The number of fused-ring (bicyclic) bond motifs is 1. The topological polar surface area (TPSA) is 83.6 Å². The Bertz CT molecular complexity index is 842. The molecular formula is C19H26N2O5. The highest BCUT2D eigenvalue weighted by atomic mass is 16.6. The van der Waals surface area contributed by atoms with Crippen molar-refractivity contribution in [1.82, 2.24) is 4.57 Å². The van der Waals surface area contributed by atoms with Gasteiger partial charge in [0, 0.05) is 24.1 Å². The van der Waals surface area contributed by atoms with Gasteiger partial charge in [0.1, 0.15) is 0 Å². The van der Waals surface area contributed by atoms with E-state index in [1.54, 1.807) is 10.6 Å². The zero-order chi connectivity index (χ0) is 19.3. The van der Waals surface area contributed by atoms with Crippen molar-refractivity contribution >= 4 is 16.6 Å². The van der Waals surface area contributed by atoms with Crippen LogP contribution >= 0.6 is 0 Å². The highest BCUT2D eigenvalue weighted by Crippen LogP contribution is 2.35. The van der Waals surface area contributed by atoms with Gasteiger partial charge in [0.2, 0.25) is 5.75 Å². The lowest BCUT2D eigenvalue weighted by atomic mass is 10.1. The minimum Gasteiger partial charge on any atom is -0.492 e. The van der Waals surface area contributed by atoms with Crippen molar-refractivity contribution in [1.29, 1.82) is 0 Å². The summed E-state index contributed by atoms with van der Waals surface area (Å²) in [6, 6.07) is 4.45. The molecule has 0 aliphatic rings. The maximum atomic E-state index is 13.0. The standard InChI is InChI=1S/C19H26N2O5/c1-5-6-7-8-11-20-16-12-14(21(23)24)9-10-15(16)17(25-4)18(19(20)22)26-13(2)3/h9-10,12-13H,5-8,11H2,1-4H3. The quantitative estimate of drug-likeness (QED) is 0.377. The first-order valence-electron chi connectivity index (χ1n) is 8.96. The van der Waals surface area contributed by atoms with Gasteiger partial charge in [-0.05, 0) is 26.3 Å². The van der Waals surface area contributed by atoms with Crippen LogP contribution in [0.2, 0.25) is 0 Å². The fourth-order valence-corrected chi connectivity index (χ4v) is 2.96. The first-order chi connectivity index (χ1) is 12.4. The van der Waals surface area contributed by atoms with Crippen LogP contribution in [0.5, 0.6) is 11.5 Å². The molecule has 0 N–H and O–H groups in total. The molecule has 7 heteroatoms. The van der Waals surface area contributed by atoms with E-state index in [2.05, 4.69) is 6.92 Å². The van der Waals surface area contributed by atoms with E-state index in [4.69, 9.17) is 9.47 Å². The highest BCUT2D eigenvalue weighted by molar-refractivity contribution is 5.89. The number of nitro groups is 1. The number of rotatable bonds is 9. The molecule has 2 rings (SSSR count).